The third kappa shape index (κ3) is 14.8. The standard InChI is InChI=1S/C36H48N7O20P3S/c1-36(2,30(49)33(50)39-10-9-24(44)38-11-12-67-35(51)22(14-25(45)46)27(47)21-8-7-19-5-3-4-6-20(19)13-21)16-60-66(57,58)63-65(55,56)59-15-23-29(62-64(52,53)54)28(48)34(61-23)43-18-42-26-31(37)40-17-41-32(26)43/h3-8,13,17-18,22-23,27-30,34,47-49H,9-12,14-16H2,1-2H3,(H,38,44)(H,39,50)(H,45,46)(H,55,56)(H,57,58)(H2,37,40,41)(H2,52,53,54)/p-1. The molecule has 0 radical (unpaired) electrons. The summed E-state index contributed by atoms with van der Waals surface area (Å²) in [6.45, 7) is -0.0635. The number of hydrogen-bond acceptors (Lipinski definition) is 21. The molecule has 27 nitrogen and oxygen atoms in total. The monoisotopic (exact) mass is 1020 g/mol. The summed E-state index contributed by atoms with van der Waals surface area (Å²) in [5, 5.41) is 49.8. The largest absolute Gasteiger partial charge is 0.550 e. The van der Waals surface area contributed by atoms with E-state index in [1.807, 2.05) is 12.1 Å². The van der Waals surface area contributed by atoms with Crippen molar-refractivity contribution in [1.82, 2.24) is 30.2 Å². The van der Waals surface area contributed by atoms with Crippen LogP contribution in [0.15, 0.2) is 55.1 Å². The van der Waals surface area contributed by atoms with Crippen molar-refractivity contribution >= 4 is 85.9 Å². The second-order valence-electron chi connectivity index (χ2n) is 15.5. The lowest BCUT2D eigenvalue weighted by Gasteiger charge is -2.30. The number of rotatable bonds is 24. The summed E-state index contributed by atoms with van der Waals surface area (Å²) < 4.78 is 62.3. The van der Waals surface area contributed by atoms with Crippen molar-refractivity contribution in [3.8, 4) is 0 Å². The molecule has 1 aliphatic heterocycles. The molecular weight excluding hydrogens is 975 g/mol. The number of aliphatic hydroxyl groups excluding tert-OH is 3. The number of nitrogen functional groups attached to an aromatic ring is 1. The second kappa shape index (κ2) is 22.4. The molecule has 3 heterocycles. The van der Waals surface area contributed by atoms with Crippen molar-refractivity contribution in [2.75, 3.05) is 37.8 Å². The van der Waals surface area contributed by atoms with Crippen LogP contribution in [-0.2, 0) is 55.5 Å². The molecule has 31 heteroatoms. The summed E-state index contributed by atoms with van der Waals surface area (Å²) in [7, 11) is -16.5. The first-order chi connectivity index (χ1) is 31.3. The lowest BCUT2D eigenvalue weighted by atomic mass is 9.87. The van der Waals surface area contributed by atoms with E-state index in [9.17, 15) is 72.9 Å². The van der Waals surface area contributed by atoms with E-state index in [1.54, 1.807) is 30.3 Å². The van der Waals surface area contributed by atoms with Crippen LogP contribution < -0.4 is 21.5 Å². The van der Waals surface area contributed by atoms with Crippen molar-refractivity contribution in [3.05, 3.63) is 60.7 Å². The van der Waals surface area contributed by atoms with Crippen LogP contribution >= 0.6 is 35.2 Å². The van der Waals surface area contributed by atoms with Gasteiger partial charge in [-0.05, 0) is 22.4 Å². The molecule has 1 aliphatic rings. The van der Waals surface area contributed by atoms with Crippen LogP contribution in [0, 0.1) is 11.3 Å². The number of amides is 2. The normalized spacial score (nSPS) is 21.0. The lowest BCUT2D eigenvalue weighted by Crippen LogP contribution is -2.46. The third-order valence-electron chi connectivity index (χ3n) is 9.93. The maximum atomic E-state index is 13.0. The Labute approximate surface area is 383 Å². The minimum atomic E-state index is -5.62. The molecule has 67 heavy (non-hydrogen) atoms. The molecule has 0 bridgehead atoms. The Bertz CT molecular complexity index is 2580. The van der Waals surface area contributed by atoms with Crippen LogP contribution in [0.4, 0.5) is 5.82 Å². The number of aromatic nitrogens is 4. The number of fused-ring (bicyclic) bond motifs is 2. The van der Waals surface area contributed by atoms with E-state index in [0.717, 1.165) is 28.0 Å². The first kappa shape index (κ1) is 53.6. The Morgan fingerprint density at radius 3 is 2.34 bits per heavy atom. The summed E-state index contributed by atoms with van der Waals surface area (Å²) in [4.78, 5) is 101. The molecule has 2 amide bonds. The summed E-state index contributed by atoms with van der Waals surface area (Å²) in [5.74, 6) is -4.58. The van der Waals surface area contributed by atoms with Gasteiger partial charge in [-0.3, -0.25) is 32.5 Å². The zero-order chi connectivity index (χ0) is 49.5. The Morgan fingerprint density at radius 2 is 1.66 bits per heavy atom. The van der Waals surface area contributed by atoms with E-state index in [0.29, 0.717) is 17.3 Å². The number of hydrogen-bond donors (Lipinski definition) is 10. The number of nitrogens with one attached hydrogen (secondary N) is 2. The van der Waals surface area contributed by atoms with Crippen molar-refractivity contribution in [1.29, 1.82) is 0 Å². The van der Waals surface area contributed by atoms with Gasteiger partial charge < -0.3 is 65.9 Å². The summed E-state index contributed by atoms with van der Waals surface area (Å²) in [6, 6.07) is 12.2. The van der Waals surface area contributed by atoms with E-state index < -0.39 is 114 Å². The summed E-state index contributed by atoms with van der Waals surface area (Å²) >= 11 is 0.696. The number of phosphoric acid groups is 3. The number of thioether (sulfide) groups is 1. The molecule has 2 aromatic heterocycles. The van der Waals surface area contributed by atoms with Gasteiger partial charge in [0.05, 0.1) is 31.6 Å². The van der Waals surface area contributed by atoms with Gasteiger partial charge in [-0.2, -0.15) is 4.31 Å². The smallest absolute Gasteiger partial charge is 0.481 e. The Balaban J connectivity index is 1.04. The number of ether oxygens (including phenoxy) is 1. The van der Waals surface area contributed by atoms with Crippen LogP contribution in [-0.4, -0.2) is 134 Å². The van der Waals surface area contributed by atoms with E-state index in [1.165, 1.54) is 13.8 Å². The highest BCUT2D eigenvalue weighted by molar-refractivity contribution is 8.13. The minimum Gasteiger partial charge on any atom is -0.550 e. The van der Waals surface area contributed by atoms with E-state index in [-0.39, 0.29) is 42.2 Å². The topological polar surface area (TPSA) is 424 Å². The van der Waals surface area contributed by atoms with Gasteiger partial charge in [0, 0.05) is 43.1 Å². The van der Waals surface area contributed by atoms with Gasteiger partial charge in [0.1, 0.15) is 36.3 Å². The molecule has 11 N–H and O–H groups in total. The lowest BCUT2D eigenvalue weighted by molar-refractivity contribution is -0.307. The molecular formula is C36H47N7O20P3S-. The van der Waals surface area contributed by atoms with Crippen molar-refractivity contribution in [3.63, 3.8) is 0 Å². The number of carboxylic acids is 1. The number of imidazole rings is 1. The molecule has 1 saturated heterocycles. The first-order valence-electron chi connectivity index (χ1n) is 19.7. The zero-order valence-electron chi connectivity index (χ0n) is 35.2. The Hall–Kier alpha value is -4.31. The van der Waals surface area contributed by atoms with Gasteiger partial charge >= 0.3 is 23.5 Å². The maximum Gasteiger partial charge on any atom is 0.481 e. The van der Waals surface area contributed by atoms with E-state index in [4.69, 9.17) is 19.5 Å². The van der Waals surface area contributed by atoms with Gasteiger partial charge in [-0.15, -0.1) is 0 Å². The molecule has 4 aromatic rings. The highest BCUT2D eigenvalue weighted by Crippen LogP contribution is 2.61. The average Bonchev–Trinajstić information content (AvgIpc) is 3.81. The quantitative estimate of drug-likeness (QED) is 0.0307. The van der Waals surface area contributed by atoms with Crippen LogP contribution in [0.5, 0.6) is 0 Å². The SMILES string of the molecule is CC(C)(COP(=O)(O)OP(=O)(O)OCC1OC(n2cnc3c(N)ncnc32)C(O)C1OP(=O)(O)O)C(O)C(=O)NCCC(=O)NCCSC(=O)C(CC(=O)[O-])C(O)c1ccc2ccccc2c1. The molecule has 368 valence electrons. The van der Waals surface area contributed by atoms with Crippen LogP contribution in [0.3, 0.4) is 0 Å². The van der Waals surface area contributed by atoms with Crippen LogP contribution in [0.2, 0.25) is 0 Å². The number of benzene rings is 2. The predicted molar refractivity (Wildman–Crippen MR) is 229 cm³/mol. The molecule has 1 fully saturated rings. The number of aliphatic hydroxyl groups is 3. The average molecular weight is 1020 g/mol. The number of aliphatic carboxylic acids is 1. The van der Waals surface area contributed by atoms with Crippen molar-refractivity contribution in [2.45, 2.75) is 63.4 Å². The maximum absolute atomic E-state index is 13.0. The summed E-state index contributed by atoms with van der Waals surface area (Å²) in [6.07, 6.45) is -9.48. The molecule has 2 aromatic carbocycles. The molecule has 9 atom stereocenters. The fourth-order valence-electron chi connectivity index (χ4n) is 6.52. The first-order valence-corrected chi connectivity index (χ1v) is 25.2. The number of phosphoric ester groups is 3. The fraction of sp³-hybridized carbons (Fsp3) is 0.472. The highest BCUT2D eigenvalue weighted by atomic mass is 32.2. The van der Waals surface area contributed by atoms with Gasteiger partial charge in [0.15, 0.2) is 22.8 Å². The Morgan fingerprint density at radius 1 is 0.970 bits per heavy atom. The number of carbonyl (C=O) groups is 4. The Kier molecular flexibility index (Phi) is 17.9. The number of nitrogens with two attached hydrogens (primary N) is 1. The van der Waals surface area contributed by atoms with E-state index in [2.05, 4.69) is 34.4 Å². The number of anilines is 1. The van der Waals surface area contributed by atoms with Gasteiger partial charge in [0.2, 0.25) is 11.8 Å². The van der Waals surface area contributed by atoms with Crippen LogP contribution in [0.25, 0.3) is 21.9 Å². The van der Waals surface area contributed by atoms with Crippen molar-refractivity contribution < 1.29 is 95.5 Å². The summed E-state index contributed by atoms with van der Waals surface area (Å²) in [5.41, 5.74) is 4.49. The van der Waals surface area contributed by atoms with Gasteiger partial charge in [0.25, 0.3) is 0 Å². The third-order valence-corrected chi connectivity index (χ3v) is 14.0. The molecule has 0 spiro atoms. The van der Waals surface area contributed by atoms with Crippen LogP contribution in [0.1, 0.15) is 44.6 Å². The van der Waals surface area contributed by atoms with Gasteiger partial charge in [-0.1, -0.05) is 62.0 Å². The number of nitrogens with zero attached hydrogens (tertiary/aromatic N) is 4. The predicted octanol–water partition coefficient (Wildman–Crippen LogP) is -0.692. The molecule has 0 saturated carbocycles. The molecule has 5 rings (SSSR count). The zero-order valence-corrected chi connectivity index (χ0v) is 38.7. The second-order valence-corrected chi connectivity index (χ2v) is 20.8. The minimum absolute atomic E-state index is 0.000230. The van der Waals surface area contributed by atoms with Gasteiger partial charge in [-0.25, -0.2) is 28.6 Å². The molecule has 9 unspecified atom stereocenters. The number of carboxylic acid groups (broad SMARTS) is 1. The highest BCUT2D eigenvalue weighted by Gasteiger charge is 2.50. The number of carbonyl (C=O) groups excluding carboxylic acids is 4. The van der Waals surface area contributed by atoms with E-state index >= 15 is 0 Å². The molecule has 0 aliphatic carbocycles. The van der Waals surface area contributed by atoms with Crippen molar-refractivity contribution in [2.24, 2.45) is 11.3 Å². The fourth-order valence-corrected chi connectivity index (χ4v) is 10.2.